The van der Waals surface area contributed by atoms with Crippen molar-refractivity contribution in [2.45, 2.75) is 52.6 Å². The molecule has 2 heteroatoms. The Labute approximate surface area is 103 Å². The van der Waals surface area contributed by atoms with Gasteiger partial charge >= 0.3 is 0 Å². The van der Waals surface area contributed by atoms with Crippen LogP contribution in [-0.2, 0) is 6.54 Å². The molecule has 1 aromatic rings. The molecular weight excluding hydrogens is 214 g/mol. The molecule has 1 heterocycles. The van der Waals surface area contributed by atoms with Gasteiger partial charge in [0.2, 0.25) is 0 Å². The molecule has 0 amide bonds. The Kier molecular flexibility index (Phi) is 4.04. The largest absolute Gasteiger partial charge is 0.309 e. The van der Waals surface area contributed by atoms with E-state index in [1.54, 1.807) is 0 Å². The van der Waals surface area contributed by atoms with Crippen LogP contribution in [0.15, 0.2) is 12.1 Å². The van der Waals surface area contributed by atoms with Crippen molar-refractivity contribution in [1.82, 2.24) is 5.32 Å². The molecule has 1 aliphatic rings. The van der Waals surface area contributed by atoms with Crippen LogP contribution in [0.1, 0.15) is 42.9 Å². The van der Waals surface area contributed by atoms with Crippen LogP contribution in [0.4, 0.5) is 0 Å². The van der Waals surface area contributed by atoms with Crippen molar-refractivity contribution < 1.29 is 0 Å². The maximum Gasteiger partial charge on any atom is 0.0302 e. The molecule has 3 atom stereocenters. The normalized spacial score (nSPS) is 30.6. The molecule has 1 aliphatic carbocycles. The third-order valence-corrected chi connectivity index (χ3v) is 5.04. The summed E-state index contributed by atoms with van der Waals surface area (Å²) in [4.78, 5) is 2.89. The third kappa shape index (κ3) is 2.86. The first-order chi connectivity index (χ1) is 7.66. The highest BCUT2D eigenvalue weighted by molar-refractivity contribution is 7.11. The Bertz CT molecular complexity index is 331. The molecule has 16 heavy (non-hydrogen) atoms. The Balaban J connectivity index is 1.85. The second-order valence-electron chi connectivity index (χ2n) is 5.27. The van der Waals surface area contributed by atoms with Gasteiger partial charge in [-0.25, -0.2) is 0 Å². The molecule has 0 radical (unpaired) electrons. The van der Waals surface area contributed by atoms with E-state index in [0.717, 1.165) is 24.4 Å². The van der Waals surface area contributed by atoms with E-state index in [-0.39, 0.29) is 0 Å². The summed E-state index contributed by atoms with van der Waals surface area (Å²) in [5, 5.41) is 3.74. The van der Waals surface area contributed by atoms with Gasteiger partial charge in [0.25, 0.3) is 0 Å². The van der Waals surface area contributed by atoms with E-state index in [1.807, 2.05) is 11.3 Å². The van der Waals surface area contributed by atoms with E-state index in [2.05, 4.69) is 38.2 Å². The molecule has 2 rings (SSSR count). The quantitative estimate of drug-likeness (QED) is 0.838. The molecular formula is C14H23NS. The zero-order chi connectivity index (χ0) is 11.5. The predicted molar refractivity (Wildman–Crippen MR) is 71.9 cm³/mol. The maximum atomic E-state index is 3.74. The molecule has 1 fully saturated rings. The molecule has 90 valence electrons. The van der Waals surface area contributed by atoms with Gasteiger partial charge in [-0.3, -0.25) is 0 Å². The standard InChI is InChI=1S/C14H23NS/c1-10-5-4-6-14(12(10)3)15-9-13-8-7-11(2)16-13/h7-8,10,12,14-15H,4-6,9H2,1-3H3/t10-,12+,14+/m0/s1. The lowest BCUT2D eigenvalue weighted by molar-refractivity contribution is 0.206. The second-order valence-corrected chi connectivity index (χ2v) is 6.64. The van der Waals surface area contributed by atoms with Gasteiger partial charge in [-0.2, -0.15) is 0 Å². The minimum Gasteiger partial charge on any atom is -0.309 e. The molecule has 1 nitrogen and oxygen atoms in total. The van der Waals surface area contributed by atoms with Crippen molar-refractivity contribution >= 4 is 11.3 Å². The Morgan fingerprint density at radius 3 is 2.81 bits per heavy atom. The molecule has 0 aromatic carbocycles. The monoisotopic (exact) mass is 237 g/mol. The highest BCUT2D eigenvalue weighted by Crippen LogP contribution is 2.29. The first-order valence-corrected chi connectivity index (χ1v) is 7.27. The van der Waals surface area contributed by atoms with E-state index < -0.39 is 0 Å². The van der Waals surface area contributed by atoms with Gasteiger partial charge in [-0.1, -0.05) is 26.7 Å². The van der Waals surface area contributed by atoms with Crippen LogP contribution >= 0.6 is 11.3 Å². The van der Waals surface area contributed by atoms with Crippen LogP contribution in [0.25, 0.3) is 0 Å². The Morgan fingerprint density at radius 1 is 1.31 bits per heavy atom. The van der Waals surface area contributed by atoms with Crippen LogP contribution in [0, 0.1) is 18.8 Å². The lowest BCUT2D eigenvalue weighted by Gasteiger charge is -2.34. The highest BCUT2D eigenvalue weighted by Gasteiger charge is 2.26. The maximum absolute atomic E-state index is 3.74. The summed E-state index contributed by atoms with van der Waals surface area (Å²) in [7, 11) is 0. The summed E-state index contributed by atoms with van der Waals surface area (Å²) in [6.45, 7) is 8.04. The van der Waals surface area contributed by atoms with Gasteiger partial charge in [0.1, 0.15) is 0 Å². The van der Waals surface area contributed by atoms with E-state index >= 15 is 0 Å². The molecule has 0 unspecified atom stereocenters. The topological polar surface area (TPSA) is 12.0 Å². The fourth-order valence-corrected chi connectivity index (χ4v) is 3.52. The van der Waals surface area contributed by atoms with Crippen molar-refractivity contribution in [3.8, 4) is 0 Å². The zero-order valence-electron chi connectivity index (χ0n) is 10.6. The Morgan fingerprint density at radius 2 is 2.12 bits per heavy atom. The van der Waals surface area contributed by atoms with Crippen molar-refractivity contribution in [2.75, 3.05) is 0 Å². The average molecular weight is 237 g/mol. The van der Waals surface area contributed by atoms with Crippen molar-refractivity contribution in [3.05, 3.63) is 21.9 Å². The lowest BCUT2D eigenvalue weighted by Crippen LogP contribution is -2.40. The van der Waals surface area contributed by atoms with E-state index in [9.17, 15) is 0 Å². The van der Waals surface area contributed by atoms with Gasteiger partial charge in [0.15, 0.2) is 0 Å². The number of aryl methyl sites for hydroxylation is 1. The van der Waals surface area contributed by atoms with Gasteiger partial charge in [-0.05, 0) is 37.3 Å². The van der Waals surface area contributed by atoms with Crippen LogP contribution in [0.5, 0.6) is 0 Å². The molecule has 1 saturated carbocycles. The molecule has 0 saturated heterocycles. The molecule has 0 bridgehead atoms. The predicted octanol–water partition coefficient (Wildman–Crippen LogP) is 3.97. The van der Waals surface area contributed by atoms with E-state index in [1.165, 1.54) is 29.0 Å². The molecule has 1 N–H and O–H groups in total. The fourth-order valence-electron chi connectivity index (χ4n) is 2.68. The smallest absolute Gasteiger partial charge is 0.0302 e. The summed E-state index contributed by atoms with van der Waals surface area (Å²) in [6.07, 6.45) is 4.17. The SMILES string of the molecule is Cc1ccc(CN[C@@H]2CCC[C@H](C)[C@H]2C)s1. The minimum atomic E-state index is 0.728. The summed E-state index contributed by atoms with van der Waals surface area (Å²) >= 11 is 1.92. The van der Waals surface area contributed by atoms with Crippen molar-refractivity contribution in [2.24, 2.45) is 11.8 Å². The summed E-state index contributed by atoms with van der Waals surface area (Å²) in [5.41, 5.74) is 0. The number of thiophene rings is 1. The fraction of sp³-hybridized carbons (Fsp3) is 0.714. The first kappa shape index (κ1) is 12.1. The minimum absolute atomic E-state index is 0.728. The average Bonchev–Trinajstić information content (AvgIpc) is 2.67. The Hall–Kier alpha value is -0.340. The third-order valence-electron chi connectivity index (χ3n) is 4.04. The van der Waals surface area contributed by atoms with E-state index in [4.69, 9.17) is 0 Å². The van der Waals surface area contributed by atoms with Crippen LogP contribution in [-0.4, -0.2) is 6.04 Å². The molecule has 1 aromatic heterocycles. The molecule has 0 spiro atoms. The number of hydrogen-bond acceptors (Lipinski definition) is 2. The van der Waals surface area contributed by atoms with E-state index in [0.29, 0.717) is 0 Å². The summed E-state index contributed by atoms with van der Waals surface area (Å²) < 4.78 is 0. The van der Waals surface area contributed by atoms with Gasteiger partial charge in [-0.15, -0.1) is 11.3 Å². The van der Waals surface area contributed by atoms with Crippen molar-refractivity contribution in [3.63, 3.8) is 0 Å². The summed E-state index contributed by atoms with van der Waals surface area (Å²) in [6, 6.07) is 5.20. The van der Waals surface area contributed by atoms with Gasteiger partial charge in [0, 0.05) is 22.3 Å². The highest BCUT2D eigenvalue weighted by atomic mass is 32.1. The number of hydrogen-bond donors (Lipinski definition) is 1. The van der Waals surface area contributed by atoms with Gasteiger partial charge < -0.3 is 5.32 Å². The van der Waals surface area contributed by atoms with Crippen molar-refractivity contribution in [1.29, 1.82) is 0 Å². The lowest BCUT2D eigenvalue weighted by atomic mass is 9.78. The number of nitrogens with one attached hydrogen (secondary N) is 1. The van der Waals surface area contributed by atoms with Crippen LogP contribution in [0.2, 0.25) is 0 Å². The zero-order valence-corrected chi connectivity index (χ0v) is 11.4. The van der Waals surface area contributed by atoms with Gasteiger partial charge in [0.05, 0.1) is 0 Å². The second kappa shape index (κ2) is 5.33. The number of rotatable bonds is 3. The van der Waals surface area contributed by atoms with Crippen LogP contribution < -0.4 is 5.32 Å². The van der Waals surface area contributed by atoms with Crippen LogP contribution in [0.3, 0.4) is 0 Å². The first-order valence-electron chi connectivity index (χ1n) is 6.45. The molecule has 0 aliphatic heterocycles. The summed E-state index contributed by atoms with van der Waals surface area (Å²) in [5.74, 6) is 1.71.